The smallest absolute Gasteiger partial charge is 0.410 e. The molecule has 4 heteroatoms. The molecule has 1 aliphatic heterocycles. The molecule has 1 saturated heterocycles. The Labute approximate surface area is 91.2 Å². The Morgan fingerprint density at radius 1 is 1.33 bits per heavy atom. The van der Waals surface area contributed by atoms with E-state index in [0.29, 0.717) is 0 Å². The van der Waals surface area contributed by atoms with Crippen molar-refractivity contribution in [3.05, 3.63) is 0 Å². The van der Waals surface area contributed by atoms with Gasteiger partial charge in [0.1, 0.15) is 6.10 Å². The lowest BCUT2D eigenvalue weighted by Gasteiger charge is -2.28. The molecule has 15 heavy (non-hydrogen) atoms. The summed E-state index contributed by atoms with van der Waals surface area (Å²) in [5, 5.41) is 8.92. The molecule has 88 valence electrons. The van der Waals surface area contributed by atoms with Crippen LogP contribution < -0.4 is 0 Å². The number of nitrogens with zero attached hydrogens (tertiary/aromatic N) is 1. The zero-order chi connectivity index (χ0) is 11.3. The molecule has 0 aromatic heterocycles. The first kappa shape index (κ1) is 12.3. The standard InChI is InChI=1S/C11H21NO3/c1-9(8-13)10(2)15-11(14)12-6-4-3-5-7-12/h9-10,13H,3-8H2,1-2H3. The van der Waals surface area contributed by atoms with Crippen molar-refractivity contribution in [1.82, 2.24) is 4.90 Å². The van der Waals surface area contributed by atoms with Gasteiger partial charge in [0, 0.05) is 25.6 Å². The van der Waals surface area contributed by atoms with E-state index < -0.39 is 0 Å². The Kier molecular flexibility index (Phi) is 4.88. The average molecular weight is 215 g/mol. The number of aliphatic hydroxyl groups is 1. The average Bonchev–Trinajstić information content (AvgIpc) is 2.29. The van der Waals surface area contributed by atoms with Crippen molar-refractivity contribution >= 4 is 6.09 Å². The highest BCUT2D eigenvalue weighted by Crippen LogP contribution is 2.13. The van der Waals surface area contributed by atoms with Gasteiger partial charge in [-0.3, -0.25) is 0 Å². The first-order valence-corrected chi connectivity index (χ1v) is 5.71. The second kappa shape index (κ2) is 5.95. The van der Waals surface area contributed by atoms with Gasteiger partial charge in [0.2, 0.25) is 0 Å². The number of ether oxygens (including phenoxy) is 1. The van der Waals surface area contributed by atoms with Gasteiger partial charge in [-0.2, -0.15) is 0 Å². The molecular weight excluding hydrogens is 194 g/mol. The second-order valence-electron chi connectivity index (χ2n) is 4.30. The Morgan fingerprint density at radius 2 is 1.93 bits per heavy atom. The lowest BCUT2D eigenvalue weighted by atomic mass is 10.1. The maximum absolute atomic E-state index is 11.7. The van der Waals surface area contributed by atoms with Gasteiger partial charge in [0.15, 0.2) is 0 Å². The van der Waals surface area contributed by atoms with E-state index in [9.17, 15) is 4.79 Å². The van der Waals surface area contributed by atoms with Crippen LogP contribution in [-0.4, -0.2) is 41.9 Å². The largest absolute Gasteiger partial charge is 0.446 e. The number of carbonyl (C=O) groups excluding carboxylic acids is 1. The molecule has 1 aliphatic rings. The summed E-state index contributed by atoms with van der Waals surface area (Å²) in [7, 11) is 0. The van der Waals surface area contributed by atoms with E-state index >= 15 is 0 Å². The molecule has 4 nitrogen and oxygen atoms in total. The number of amides is 1. The second-order valence-corrected chi connectivity index (χ2v) is 4.30. The Morgan fingerprint density at radius 3 is 2.47 bits per heavy atom. The molecule has 0 aromatic carbocycles. The van der Waals surface area contributed by atoms with Gasteiger partial charge in [-0.05, 0) is 26.2 Å². The Bertz CT molecular complexity index is 202. The van der Waals surface area contributed by atoms with Crippen LogP contribution in [0.4, 0.5) is 4.79 Å². The molecule has 0 spiro atoms. The highest BCUT2D eigenvalue weighted by molar-refractivity contribution is 5.67. The maximum atomic E-state index is 11.7. The number of likely N-dealkylation sites (tertiary alicyclic amines) is 1. The Hall–Kier alpha value is -0.770. The normalized spacial score (nSPS) is 20.9. The summed E-state index contributed by atoms with van der Waals surface area (Å²) in [6.07, 6.45) is 2.89. The molecular formula is C11H21NO3. The topological polar surface area (TPSA) is 49.8 Å². The van der Waals surface area contributed by atoms with Crippen molar-refractivity contribution in [2.24, 2.45) is 5.92 Å². The van der Waals surface area contributed by atoms with Gasteiger partial charge in [0.05, 0.1) is 0 Å². The summed E-state index contributed by atoms with van der Waals surface area (Å²) in [5.74, 6) is -0.00117. The van der Waals surface area contributed by atoms with Crippen molar-refractivity contribution in [3.8, 4) is 0 Å². The van der Waals surface area contributed by atoms with Gasteiger partial charge < -0.3 is 14.7 Å². The lowest BCUT2D eigenvalue weighted by Crippen LogP contribution is -2.39. The third-order valence-electron chi connectivity index (χ3n) is 2.99. The molecule has 1 N–H and O–H groups in total. The molecule has 0 bridgehead atoms. The molecule has 1 amide bonds. The molecule has 0 radical (unpaired) electrons. The first-order chi connectivity index (χ1) is 7.15. The number of hydrogen-bond donors (Lipinski definition) is 1. The molecule has 2 unspecified atom stereocenters. The van der Waals surface area contributed by atoms with E-state index in [0.717, 1.165) is 25.9 Å². The minimum absolute atomic E-state index is 0.00117. The fourth-order valence-corrected chi connectivity index (χ4v) is 1.57. The Balaban J connectivity index is 2.33. The van der Waals surface area contributed by atoms with E-state index in [4.69, 9.17) is 9.84 Å². The van der Waals surface area contributed by atoms with Crippen LogP contribution in [0.1, 0.15) is 33.1 Å². The summed E-state index contributed by atoms with van der Waals surface area (Å²) in [6, 6.07) is 0. The minimum atomic E-state index is -0.234. The van der Waals surface area contributed by atoms with Crippen molar-refractivity contribution in [2.75, 3.05) is 19.7 Å². The van der Waals surface area contributed by atoms with Crippen LogP contribution >= 0.6 is 0 Å². The lowest BCUT2D eigenvalue weighted by molar-refractivity contribution is 0.0292. The molecule has 1 rings (SSSR count). The van der Waals surface area contributed by atoms with E-state index in [2.05, 4.69) is 0 Å². The zero-order valence-corrected chi connectivity index (χ0v) is 9.61. The van der Waals surface area contributed by atoms with Crippen LogP contribution in [0.2, 0.25) is 0 Å². The molecule has 0 saturated carbocycles. The maximum Gasteiger partial charge on any atom is 0.410 e. The number of piperidine rings is 1. The SMILES string of the molecule is CC(CO)C(C)OC(=O)N1CCCCC1. The van der Waals surface area contributed by atoms with E-state index in [1.807, 2.05) is 13.8 Å². The van der Waals surface area contributed by atoms with Crippen LogP contribution in [0.3, 0.4) is 0 Å². The van der Waals surface area contributed by atoms with E-state index in [1.165, 1.54) is 6.42 Å². The summed E-state index contributed by atoms with van der Waals surface area (Å²) in [6.45, 7) is 5.35. The van der Waals surface area contributed by atoms with Crippen molar-refractivity contribution in [3.63, 3.8) is 0 Å². The van der Waals surface area contributed by atoms with Crippen molar-refractivity contribution < 1.29 is 14.6 Å². The van der Waals surface area contributed by atoms with Gasteiger partial charge in [-0.1, -0.05) is 6.92 Å². The number of carbonyl (C=O) groups is 1. The zero-order valence-electron chi connectivity index (χ0n) is 9.61. The molecule has 1 fully saturated rings. The fourth-order valence-electron chi connectivity index (χ4n) is 1.57. The van der Waals surface area contributed by atoms with Crippen molar-refractivity contribution in [1.29, 1.82) is 0 Å². The monoisotopic (exact) mass is 215 g/mol. The number of aliphatic hydroxyl groups excluding tert-OH is 1. The van der Waals surface area contributed by atoms with Crippen molar-refractivity contribution in [2.45, 2.75) is 39.2 Å². The van der Waals surface area contributed by atoms with E-state index in [-0.39, 0.29) is 24.7 Å². The van der Waals surface area contributed by atoms with Crippen LogP contribution in [-0.2, 0) is 4.74 Å². The number of hydrogen-bond acceptors (Lipinski definition) is 3. The third-order valence-corrected chi connectivity index (χ3v) is 2.99. The molecule has 1 heterocycles. The van der Waals surface area contributed by atoms with Gasteiger partial charge in [-0.15, -0.1) is 0 Å². The van der Waals surface area contributed by atoms with Crippen LogP contribution in [0, 0.1) is 5.92 Å². The molecule has 0 aliphatic carbocycles. The van der Waals surface area contributed by atoms with Gasteiger partial charge in [0.25, 0.3) is 0 Å². The van der Waals surface area contributed by atoms with Crippen LogP contribution in [0.25, 0.3) is 0 Å². The molecule has 0 aromatic rings. The summed E-state index contributed by atoms with van der Waals surface area (Å²) < 4.78 is 5.27. The highest BCUT2D eigenvalue weighted by Gasteiger charge is 2.22. The van der Waals surface area contributed by atoms with E-state index in [1.54, 1.807) is 4.90 Å². The minimum Gasteiger partial charge on any atom is -0.446 e. The van der Waals surface area contributed by atoms with Crippen LogP contribution in [0.15, 0.2) is 0 Å². The van der Waals surface area contributed by atoms with Crippen LogP contribution in [0.5, 0.6) is 0 Å². The molecule has 2 atom stereocenters. The predicted octanol–water partition coefficient (Wildman–Crippen LogP) is 1.63. The quantitative estimate of drug-likeness (QED) is 0.778. The van der Waals surface area contributed by atoms with Gasteiger partial charge >= 0.3 is 6.09 Å². The summed E-state index contributed by atoms with van der Waals surface area (Å²) >= 11 is 0. The fraction of sp³-hybridized carbons (Fsp3) is 0.909. The number of rotatable bonds is 3. The first-order valence-electron chi connectivity index (χ1n) is 5.71. The summed E-state index contributed by atoms with van der Waals surface area (Å²) in [5.41, 5.74) is 0. The third kappa shape index (κ3) is 3.70. The van der Waals surface area contributed by atoms with Gasteiger partial charge in [-0.25, -0.2) is 4.79 Å². The highest BCUT2D eigenvalue weighted by atomic mass is 16.6. The predicted molar refractivity (Wildman–Crippen MR) is 57.6 cm³/mol. The summed E-state index contributed by atoms with van der Waals surface area (Å²) in [4.78, 5) is 13.4.